The van der Waals surface area contributed by atoms with Crippen molar-refractivity contribution in [2.45, 2.75) is 6.04 Å². The average Bonchev–Trinajstić information content (AvgIpc) is 2.69. The van der Waals surface area contributed by atoms with Crippen molar-refractivity contribution >= 4 is 17.5 Å². The summed E-state index contributed by atoms with van der Waals surface area (Å²) in [7, 11) is 0. The highest BCUT2D eigenvalue weighted by Crippen LogP contribution is 2.23. The van der Waals surface area contributed by atoms with Crippen LogP contribution in [0.5, 0.6) is 5.75 Å². The molecule has 144 valence electrons. The molecule has 1 saturated heterocycles. The summed E-state index contributed by atoms with van der Waals surface area (Å²) in [4.78, 5) is 14.4. The van der Waals surface area contributed by atoms with Gasteiger partial charge in [-0.3, -0.25) is 9.69 Å². The summed E-state index contributed by atoms with van der Waals surface area (Å²) in [6.45, 7) is 3.07. The predicted molar refractivity (Wildman–Crippen MR) is 101 cm³/mol. The summed E-state index contributed by atoms with van der Waals surface area (Å²) in [6.07, 6.45) is 0. The molecule has 1 aliphatic heterocycles. The van der Waals surface area contributed by atoms with Crippen molar-refractivity contribution in [1.29, 1.82) is 0 Å². The zero-order valence-electron chi connectivity index (χ0n) is 14.9. The first-order valence-electron chi connectivity index (χ1n) is 8.85. The molecule has 27 heavy (non-hydrogen) atoms. The fourth-order valence-electron chi connectivity index (χ4n) is 3.00. The molecule has 7 heteroatoms. The fourth-order valence-corrected chi connectivity index (χ4v) is 3.19. The smallest absolute Gasteiger partial charge is 0.258 e. The maximum absolute atomic E-state index is 13.3. The Labute approximate surface area is 163 Å². The van der Waals surface area contributed by atoms with Crippen molar-refractivity contribution in [3.8, 4) is 5.75 Å². The highest BCUT2D eigenvalue weighted by Gasteiger charge is 2.23. The maximum atomic E-state index is 13.3. The van der Waals surface area contributed by atoms with E-state index in [1.807, 2.05) is 0 Å². The minimum atomic E-state index is -0.281. The number of halogens is 2. The van der Waals surface area contributed by atoms with Crippen LogP contribution in [-0.4, -0.2) is 50.3 Å². The molecule has 0 saturated carbocycles. The number of para-hydroxylation sites is 1. The standard InChI is InChI=1S/C20H22ClFN2O3/c21-17-3-1-2-4-19(17)27-14-20(25)23-13-18(24-9-11-26-12-10-24)15-5-7-16(22)8-6-15/h1-8,18H,9-14H2,(H,23,25). The SMILES string of the molecule is O=C(COc1ccccc1Cl)NCC(c1ccc(F)cc1)N1CCOCC1. The molecule has 2 aromatic carbocycles. The van der Waals surface area contributed by atoms with Crippen LogP contribution in [0.1, 0.15) is 11.6 Å². The highest BCUT2D eigenvalue weighted by atomic mass is 35.5. The van der Waals surface area contributed by atoms with Gasteiger partial charge in [0.05, 0.1) is 24.3 Å². The van der Waals surface area contributed by atoms with Crippen molar-refractivity contribution in [2.24, 2.45) is 0 Å². The molecule has 0 aromatic heterocycles. The van der Waals surface area contributed by atoms with Crippen LogP contribution in [0, 0.1) is 5.82 Å². The van der Waals surface area contributed by atoms with E-state index in [0.717, 1.165) is 18.7 Å². The molecule has 1 fully saturated rings. The molecule has 3 rings (SSSR count). The fraction of sp³-hybridized carbons (Fsp3) is 0.350. The summed E-state index contributed by atoms with van der Waals surface area (Å²) in [5.41, 5.74) is 0.950. The lowest BCUT2D eigenvalue weighted by atomic mass is 10.0. The van der Waals surface area contributed by atoms with Gasteiger partial charge in [0.15, 0.2) is 6.61 Å². The van der Waals surface area contributed by atoms with Crippen LogP contribution in [0.15, 0.2) is 48.5 Å². The number of morpholine rings is 1. The Balaban J connectivity index is 1.59. The Morgan fingerprint density at radius 2 is 1.89 bits per heavy atom. The number of hydrogen-bond acceptors (Lipinski definition) is 4. The van der Waals surface area contributed by atoms with Crippen molar-refractivity contribution < 1.29 is 18.7 Å². The summed E-state index contributed by atoms with van der Waals surface area (Å²) >= 11 is 6.02. The second-order valence-corrected chi connectivity index (χ2v) is 6.65. The van der Waals surface area contributed by atoms with Gasteiger partial charge in [0.2, 0.25) is 0 Å². The van der Waals surface area contributed by atoms with Crippen LogP contribution in [0.2, 0.25) is 5.02 Å². The van der Waals surface area contributed by atoms with Crippen LogP contribution in [0.4, 0.5) is 4.39 Å². The van der Waals surface area contributed by atoms with Crippen LogP contribution in [0.3, 0.4) is 0 Å². The van der Waals surface area contributed by atoms with Crippen molar-refractivity contribution in [2.75, 3.05) is 39.5 Å². The number of hydrogen-bond donors (Lipinski definition) is 1. The van der Waals surface area contributed by atoms with E-state index in [4.69, 9.17) is 21.1 Å². The van der Waals surface area contributed by atoms with Gasteiger partial charge in [-0.15, -0.1) is 0 Å². The first-order valence-corrected chi connectivity index (χ1v) is 9.22. The normalized spacial score (nSPS) is 15.9. The quantitative estimate of drug-likeness (QED) is 0.786. The van der Waals surface area contributed by atoms with E-state index in [1.54, 1.807) is 36.4 Å². The lowest BCUT2D eigenvalue weighted by molar-refractivity contribution is -0.123. The third-order valence-electron chi connectivity index (χ3n) is 4.43. The molecule has 1 N–H and O–H groups in total. The lowest BCUT2D eigenvalue weighted by Crippen LogP contribution is -2.44. The number of rotatable bonds is 7. The second-order valence-electron chi connectivity index (χ2n) is 6.24. The summed E-state index contributed by atoms with van der Waals surface area (Å²) in [6, 6.07) is 13.3. The molecular weight excluding hydrogens is 371 g/mol. The second kappa shape index (κ2) is 9.69. The Morgan fingerprint density at radius 1 is 1.19 bits per heavy atom. The summed E-state index contributed by atoms with van der Waals surface area (Å²) in [5.74, 6) is -0.0514. The van der Waals surface area contributed by atoms with Gasteiger partial charge in [0.25, 0.3) is 5.91 Å². The van der Waals surface area contributed by atoms with Gasteiger partial charge in [-0.05, 0) is 29.8 Å². The summed E-state index contributed by atoms with van der Waals surface area (Å²) in [5, 5.41) is 3.36. The Bertz CT molecular complexity index is 751. The molecule has 5 nitrogen and oxygen atoms in total. The van der Waals surface area contributed by atoms with Crippen LogP contribution < -0.4 is 10.1 Å². The number of amides is 1. The van der Waals surface area contributed by atoms with Gasteiger partial charge >= 0.3 is 0 Å². The highest BCUT2D eigenvalue weighted by molar-refractivity contribution is 6.32. The maximum Gasteiger partial charge on any atom is 0.258 e. The molecule has 0 aliphatic carbocycles. The van der Waals surface area contributed by atoms with Crippen molar-refractivity contribution in [1.82, 2.24) is 10.2 Å². The van der Waals surface area contributed by atoms with Gasteiger partial charge in [-0.2, -0.15) is 0 Å². The van der Waals surface area contributed by atoms with Crippen LogP contribution >= 0.6 is 11.6 Å². The number of carbonyl (C=O) groups is 1. The number of nitrogens with one attached hydrogen (secondary N) is 1. The number of nitrogens with zero attached hydrogens (tertiary/aromatic N) is 1. The zero-order valence-corrected chi connectivity index (χ0v) is 15.6. The summed E-state index contributed by atoms with van der Waals surface area (Å²) < 4.78 is 24.1. The van der Waals surface area contributed by atoms with E-state index in [9.17, 15) is 9.18 Å². The van der Waals surface area contributed by atoms with Crippen LogP contribution in [-0.2, 0) is 9.53 Å². The first kappa shape index (κ1) is 19.6. The average molecular weight is 393 g/mol. The predicted octanol–water partition coefficient (Wildman–Crippen LogP) is 3.05. The molecule has 1 unspecified atom stereocenters. The number of benzene rings is 2. The monoisotopic (exact) mass is 392 g/mol. The van der Waals surface area contributed by atoms with Crippen LogP contribution in [0.25, 0.3) is 0 Å². The third kappa shape index (κ3) is 5.66. The molecule has 1 heterocycles. The minimum Gasteiger partial charge on any atom is -0.482 e. The van der Waals surface area contributed by atoms with E-state index in [2.05, 4.69) is 10.2 Å². The topological polar surface area (TPSA) is 50.8 Å². The Hall–Kier alpha value is -2.15. The Morgan fingerprint density at radius 3 is 2.59 bits per heavy atom. The van der Waals surface area contributed by atoms with E-state index in [0.29, 0.717) is 30.5 Å². The third-order valence-corrected chi connectivity index (χ3v) is 4.74. The number of carbonyl (C=O) groups excluding carboxylic acids is 1. The van der Waals surface area contributed by atoms with Gasteiger partial charge in [0.1, 0.15) is 11.6 Å². The van der Waals surface area contributed by atoms with E-state index < -0.39 is 0 Å². The van der Waals surface area contributed by atoms with Gasteiger partial charge in [0, 0.05) is 19.6 Å². The molecule has 1 aliphatic rings. The van der Waals surface area contributed by atoms with Gasteiger partial charge < -0.3 is 14.8 Å². The van der Waals surface area contributed by atoms with Crippen molar-refractivity contribution in [3.63, 3.8) is 0 Å². The minimum absolute atomic E-state index is 0.0567. The molecule has 2 aromatic rings. The lowest BCUT2D eigenvalue weighted by Gasteiger charge is -2.35. The largest absolute Gasteiger partial charge is 0.482 e. The molecule has 0 radical (unpaired) electrons. The van der Waals surface area contributed by atoms with E-state index >= 15 is 0 Å². The first-order chi connectivity index (χ1) is 13.1. The molecule has 0 spiro atoms. The Kier molecular flexibility index (Phi) is 7.04. The molecule has 0 bridgehead atoms. The van der Waals surface area contributed by atoms with Gasteiger partial charge in [-0.25, -0.2) is 4.39 Å². The molecular formula is C20H22ClFN2O3. The van der Waals surface area contributed by atoms with E-state index in [1.165, 1.54) is 12.1 Å². The zero-order chi connectivity index (χ0) is 19.1. The van der Waals surface area contributed by atoms with Crippen molar-refractivity contribution in [3.05, 3.63) is 64.9 Å². The molecule has 1 amide bonds. The van der Waals surface area contributed by atoms with E-state index in [-0.39, 0.29) is 24.4 Å². The molecule has 1 atom stereocenters. The van der Waals surface area contributed by atoms with Gasteiger partial charge in [-0.1, -0.05) is 35.9 Å². The number of ether oxygens (including phenoxy) is 2.